The predicted octanol–water partition coefficient (Wildman–Crippen LogP) is 4.41. The fourth-order valence-corrected chi connectivity index (χ4v) is 5.30. The molecule has 4 rings (SSSR count). The molecule has 178 valence electrons. The Hall–Kier alpha value is -2.83. The van der Waals surface area contributed by atoms with Gasteiger partial charge in [-0.25, -0.2) is 4.79 Å². The molecule has 7 heteroatoms. The highest BCUT2D eigenvalue weighted by Crippen LogP contribution is 2.28. The van der Waals surface area contributed by atoms with Crippen molar-refractivity contribution < 1.29 is 19.1 Å². The summed E-state index contributed by atoms with van der Waals surface area (Å²) < 4.78 is 7.14. The summed E-state index contributed by atoms with van der Waals surface area (Å²) in [5, 5.41) is 12.4. The van der Waals surface area contributed by atoms with Crippen LogP contribution in [0.3, 0.4) is 0 Å². The molecule has 2 aliphatic rings. The second-order valence-corrected chi connectivity index (χ2v) is 9.73. The molecule has 0 saturated heterocycles. The van der Waals surface area contributed by atoms with Crippen LogP contribution in [0.25, 0.3) is 0 Å². The first kappa shape index (κ1) is 23.3. The highest BCUT2D eigenvalue weighted by atomic mass is 16.4. The molecular formula is C26H34N2O5. The molecule has 1 atom stereocenters. The first-order valence-corrected chi connectivity index (χ1v) is 12.3. The summed E-state index contributed by atoms with van der Waals surface area (Å²) in [4.78, 5) is 39.0. The summed E-state index contributed by atoms with van der Waals surface area (Å²) >= 11 is 0. The Morgan fingerprint density at radius 2 is 1.82 bits per heavy atom. The number of hydrogen-bond acceptors (Lipinski definition) is 4. The highest BCUT2D eigenvalue weighted by molar-refractivity contribution is 5.97. The third-order valence-electron chi connectivity index (χ3n) is 7.32. The molecule has 1 unspecified atom stereocenters. The summed E-state index contributed by atoms with van der Waals surface area (Å²) in [7, 11) is 0. The Bertz CT molecular complexity index is 1050. The third kappa shape index (κ3) is 4.92. The van der Waals surface area contributed by atoms with Gasteiger partial charge in [0.2, 0.25) is 0 Å². The number of amides is 1. The van der Waals surface area contributed by atoms with Gasteiger partial charge in [-0.1, -0.05) is 32.1 Å². The molecule has 33 heavy (non-hydrogen) atoms. The molecule has 1 saturated carbocycles. The molecule has 2 aromatic heterocycles. The van der Waals surface area contributed by atoms with Crippen molar-refractivity contribution in [1.82, 2.24) is 9.88 Å². The minimum atomic E-state index is -1.77. The van der Waals surface area contributed by atoms with Crippen LogP contribution in [0.2, 0.25) is 0 Å². The Labute approximate surface area is 194 Å². The standard InChI is InChI=1S/C26H34N2O5/c1-26(25(31)32,22-14-9-15-33-22)27-23(29)20-16-19-12-7-2-3-8-13-21(19)28(24(20)30)17-18-10-5-4-6-11-18/h9,14-16,18H,2-8,10-13,17H2,1H3,(H,27,29)(H,31,32). The SMILES string of the molecule is CC(NC(=O)c1cc2c(n(CC3CCCCC3)c1=O)CCCCCC2)(C(=O)O)c1ccco1. The molecule has 0 bridgehead atoms. The number of aromatic nitrogens is 1. The minimum absolute atomic E-state index is 0.0177. The lowest BCUT2D eigenvalue weighted by molar-refractivity contribution is -0.144. The lowest BCUT2D eigenvalue weighted by Gasteiger charge is -2.27. The number of aliphatic carboxylic acids is 1. The van der Waals surface area contributed by atoms with Crippen molar-refractivity contribution >= 4 is 11.9 Å². The van der Waals surface area contributed by atoms with Gasteiger partial charge in [-0.3, -0.25) is 9.59 Å². The average molecular weight is 455 g/mol. The van der Waals surface area contributed by atoms with Crippen LogP contribution >= 0.6 is 0 Å². The second kappa shape index (κ2) is 9.98. The number of carbonyl (C=O) groups is 2. The van der Waals surface area contributed by atoms with Crippen LogP contribution in [0.4, 0.5) is 0 Å². The maximum atomic E-state index is 13.6. The predicted molar refractivity (Wildman–Crippen MR) is 124 cm³/mol. The number of carboxylic acids is 1. The normalized spacial score (nSPS) is 19.1. The minimum Gasteiger partial charge on any atom is -0.479 e. The quantitative estimate of drug-likeness (QED) is 0.673. The van der Waals surface area contributed by atoms with Crippen molar-refractivity contribution in [3.63, 3.8) is 0 Å². The van der Waals surface area contributed by atoms with Gasteiger partial charge in [0.1, 0.15) is 11.3 Å². The van der Waals surface area contributed by atoms with Gasteiger partial charge < -0.3 is 19.4 Å². The molecule has 0 spiro atoms. The van der Waals surface area contributed by atoms with E-state index in [1.165, 1.54) is 38.5 Å². The van der Waals surface area contributed by atoms with E-state index in [9.17, 15) is 19.5 Å². The van der Waals surface area contributed by atoms with Crippen LogP contribution in [0, 0.1) is 5.92 Å². The zero-order valence-electron chi connectivity index (χ0n) is 19.4. The Kier molecular flexibility index (Phi) is 7.05. The van der Waals surface area contributed by atoms with Gasteiger partial charge >= 0.3 is 5.97 Å². The number of nitrogens with zero attached hydrogens (tertiary/aromatic N) is 1. The van der Waals surface area contributed by atoms with E-state index in [0.717, 1.165) is 62.6 Å². The molecule has 2 N–H and O–H groups in total. The number of fused-ring (bicyclic) bond motifs is 1. The number of pyridine rings is 1. The van der Waals surface area contributed by atoms with E-state index >= 15 is 0 Å². The first-order valence-electron chi connectivity index (χ1n) is 12.3. The lowest BCUT2D eigenvalue weighted by atomic mass is 9.88. The molecule has 0 radical (unpaired) electrons. The van der Waals surface area contributed by atoms with Gasteiger partial charge in [0, 0.05) is 12.2 Å². The molecular weight excluding hydrogens is 420 g/mol. The van der Waals surface area contributed by atoms with Gasteiger partial charge in [-0.15, -0.1) is 0 Å². The van der Waals surface area contributed by atoms with Crippen LogP contribution in [-0.2, 0) is 29.7 Å². The second-order valence-electron chi connectivity index (χ2n) is 9.73. The van der Waals surface area contributed by atoms with E-state index in [0.29, 0.717) is 12.5 Å². The van der Waals surface area contributed by atoms with Crippen molar-refractivity contribution in [2.24, 2.45) is 5.92 Å². The zero-order chi connectivity index (χ0) is 23.4. The molecule has 1 fully saturated rings. The number of carbonyl (C=O) groups excluding carboxylic acids is 1. The fourth-order valence-electron chi connectivity index (χ4n) is 5.30. The van der Waals surface area contributed by atoms with E-state index in [1.54, 1.807) is 12.1 Å². The summed E-state index contributed by atoms with van der Waals surface area (Å²) in [5.41, 5.74) is 0.0405. The van der Waals surface area contributed by atoms with Gasteiger partial charge in [0.25, 0.3) is 11.5 Å². The summed E-state index contributed by atoms with van der Waals surface area (Å²) in [6, 6.07) is 4.79. The lowest BCUT2D eigenvalue weighted by Crippen LogP contribution is -2.50. The van der Waals surface area contributed by atoms with E-state index in [4.69, 9.17) is 4.42 Å². The summed E-state index contributed by atoms with van der Waals surface area (Å²) in [6.45, 7) is 2.01. The molecule has 7 nitrogen and oxygen atoms in total. The molecule has 0 aliphatic heterocycles. The topological polar surface area (TPSA) is 102 Å². The van der Waals surface area contributed by atoms with Crippen LogP contribution < -0.4 is 10.9 Å². The third-order valence-corrected chi connectivity index (χ3v) is 7.32. The smallest absolute Gasteiger partial charge is 0.337 e. The van der Waals surface area contributed by atoms with E-state index in [1.807, 2.05) is 4.57 Å². The molecule has 0 aromatic carbocycles. The van der Waals surface area contributed by atoms with Crippen molar-refractivity contribution in [2.45, 2.75) is 89.6 Å². The van der Waals surface area contributed by atoms with Gasteiger partial charge in [0.15, 0.2) is 5.54 Å². The number of carboxylic acid groups (broad SMARTS) is 1. The van der Waals surface area contributed by atoms with Crippen molar-refractivity contribution in [1.29, 1.82) is 0 Å². The fraction of sp³-hybridized carbons (Fsp3) is 0.577. The van der Waals surface area contributed by atoms with Crippen LogP contribution in [0.1, 0.15) is 92.1 Å². The molecule has 1 amide bonds. The highest BCUT2D eigenvalue weighted by Gasteiger charge is 2.40. The van der Waals surface area contributed by atoms with Crippen LogP contribution in [0.15, 0.2) is 33.7 Å². The van der Waals surface area contributed by atoms with Gasteiger partial charge in [-0.05, 0) is 75.1 Å². The van der Waals surface area contributed by atoms with Gasteiger partial charge in [0.05, 0.1) is 6.26 Å². The van der Waals surface area contributed by atoms with Crippen LogP contribution in [0.5, 0.6) is 0 Å². The van der Waals surface area contributed by atoms with Crippen LogP contribution in [-0.4, -0.2) is 21.6 Å². The number of rotatable bonds is 6. The van der Waals surface area contributed by atoms with Crippen molar-refractivity contribution in [3.05, 3.63) is 57.4 Å². The number of aryl methyl sites for hydroxylation is 1. The van der Waals surface area contributed by atoms with E-state index in [2.05, 4.69) is 5.32 Å². The Morgan fingerprint density at radius 3 is 2.48 bits per heavy atom. The molecule has 2 aromatic rings. The maximum Gasteiger partial charge on any atom is 0.337 e. The largest absolute Gasteiger partial charge is 0.479 e. The molecule has 2 aliphatic carbocycles. The number of nitrogens with one attached hydrogen (secondary N) is 1. The van der Waals surface area contributed by atoms with E-state index in [-0.39, 0.29) is 16.9 Å². The summed E-state index contributed by atoms with van der Waals surface area (Å²) in [6.07, 6.45) is 13.2. The number of furan rings is 1. The maximum absolute atomic E-state index is 13.6. The molecule has 2 heterocycles. The Morgan fingerprint density at radius 1 is 1.12 bits per heavy atom. The Balaban J connectivity index is 1.73. The van der Waals surface area contributed by atoms with Crippen molar-refractivity contribution in [3.8, 4) is 0 Å². The van der Waals surface area contributed by atoms with Crippen molar-refractivity contribution in [2.75, 3.05) is 0 Å². The first-order chi connectivity index (χ1) is 15.9. The average Bonchev–Trinajstić information content (AvgIpc) is 3.32. The number of hydrogen-bond donors (Lipinski definition) is 2. The monoisotopic (exact) mass is 454 g/mol. The van der Waals surface area contributed by atoms with E-state index < -0.39 is 17.4 Å². The zero-order valence-corrected chi connectivity index (χ0v) is 19.4. The van der Waals surface area contributed by atoms with Gasteiger partial charge in [-0.2, -0.15) is 0 Å². The summed E-state index contributed by atoms with van der Waals surface area (Å²) in [5.74, 6) is -1.38.